The van der Waals surface area contributed by atoms with Crippen LogP contribution < -0.4 is 14.8 Å². The number of aromatic nitrogens is 2. The quantitative estimate of drug-likeness (QED) is 0.896. The molecule has 0 amide bonds. The van der Waals surface area contributed by atoms with E-state index < -0.39 is 0 Å². The lowest BCUT2D eigenvalue weighted by Gasteiger charge is -2.13. The average Bonchev–Trinajstić information content (AvgIpc) is 2.43. The number of nitrogens with one attached hydrogen (secondary N) is 1. The van der Waals surface area contributed by atoms with Crippen molar-refractivity contribution in [1.82, 2.24) is 9.97 Å². The van der Waals surface area contributed by atoms with Gasteiger partial charge in [0.1, 0.15) is 17.7 Å². The van der Waals surface area contributed by atoms with Gasteiger partial charge in [-0.3, -0.25) is 0 Å². The standard InChI is InChI=1S/C14H19N3O2/c1-9(2)7-15-14-10-5-6-11(18-3)13(19-4)12(10)16-8-17-14/h5-6,8-9H,7H2,1-4H3,(H,15,16,17). The molecule has 19 heavy (non-hydrogen) atoms. The molecule has 0 radical (unpaired) electrons. The molecule has 2 rings (SSSR count). The van der Waals surface area contributed by atoms with Gasteiger partial charge in [0.15, 0.2) is 11.5 Å². The molecule has 0 fully saturated rings. The Morgan fingerprint density at radius 1 is 1.16 bits per heavy atom. The van der Waals surface area contributed by atoms with Crippen molar-refractivity contribution in [3.8, 4) is 11.5 Å². The van der Waals surface area contributed by atoms with Crippen LogP contribution in [0.2, 0.25) is 0 Å². The van der Waals surface area contributed by atoms with Crippen molar-refractivity contribution >= 4 is 16.7 Å². The van der Waals surface area contributed by atoms with Crippen LogP contribution in [0.4, 0.5) is 5.82 Å². The van der Waals surface area contributed by atoms with Crippen LogP contribution in [0.15, 0.2) is 18.5 Å². The summed E-state index contributed by atoms with van der Waals surface area (Å²) in [6, 6.07) is 3.81. The molecule has 1 N–H and O–H groups in total. The van der Waals surface area contributed by atoms with Gasteiger partial charge < -0.3 is 14.8 Å². The number of hydrogen-bond acceptors (Lipinski definition) is 5. The Kier molecular flexibility index (Phi) is 4.04. The minimum atomic E-state index is 0.546. The zero-order valence-corrected chi connectivity index (χ0v) is 11.7. The van der Waals surface area contributed by atoms with E-state index in [0.29, 0.717) is 17.4 Å². The molecule has 0 spiro atoms. The molecule has 0 atom stereocenters. The van der Waals surface area contributed by atoms with Gasteiger partial charge in [-0.25, -0.2) is 9.97 Å². The van der Waals surface area contributed by atoms with E-state index >= 15 is 0 Å². The molecule has 0 aliphatic carbocycles. The Balaban J connectivity index is 2.51. The summed E-state index contributed by atoms with van der Waals surface area (Å²) in [6.45, 7) is 5.17. The largest absolute Gasteiger partial charge is 0.493 e. The monoisotopic (exact) mass is 261 g/mol. The van der Waals surface area contributed by atoms with E-state index in [1.807, 2.05) is 12.1 Å². The van der Waals surface area contributed by atoms with Crippen molar-refractivity contribution < 1.29 is 9.47 Å². The number of rotatable bonds is 5. The smallest absolute Gasteiger partial charge is 0.187 e. The predicted molar refractivity (Wildman–Crippen MR) is 76.0 cm³/mol. The van der Waals surface area contributed by atoms with Crippen molar-refractivity contribution in [2.75, 3.05) is 26.1 Å². The van der Waals surface area contributed by atoms with Gasteiger partial charge in [0.2, 0.25) is 0 Å². The maximum atomic E-state index is 5.39. The molecule has 0 saturated carbocycles. The van der Waals surface area contributed by atoms with Crippen LogP contribution in [0.25, 0.3) is 10.9 Å². The van der Waals surface area contributed by atoms with Crippen LogP contribution >= 0.6 is 0 Å². The molecular weight excluding hydrogens is 242 g/mol. The molecule has 0 saturated heterocycles. The summed E-state index contributed by atoms with van der Waals surface area (Å²) in [5.74, 6) is 2.67. The SMILES string of the molecule is COc1ccc2c(NCC(C)C)ncnc2c1OC. The third-order valence-corrected chi connectivity index (χ3v) is 2.83. The van der Waals surface area contributed by atoms with Gasteiger partial charge in [0.05, 0.1) is 14.2 Å². The third kappa shape index (κ3) is 2.70. The Morgan fingerprint density at radius 3 is 2.58 bits per heavy atom. The summed E-state index contributed by atoms with van der Waals surface area (Å²) >= 11 is 0. The second-order valence-electron chi connectivity index (χ2n) is 4.69. The molecule has 0 unspecified atom stereocenters. The Morgan fingerprint density at radius 2 is 1.95 bits per heavy atom. The van der Waals surface area contributed by atoms with E-state index in [9.17, 15) is 0 Å². The zero-order valence-electron chi connectivity index (χ0n) is 11.7. The van der Waals surface area contributed by atoms with Gasteiger partial charge in [-0.15, -0.1) is 0 Å². The lowest BCUT2D eigenvalue weighted by atomic mass is 10.2. The Bertz CT molecular complexity index is 570. The number of methoxy groups -OCH3 is 2. The first kappa shape index (κ1) is 13.4. The molecule has 5 nitrogen and oxygen atoms in total. The lowest BCUT2D eigenvalue weighted by Crippen LogP contribution is -2.09. The normalized spacial score (nSPS) is 10.8. The van der Waals surface area contributed by atoms with Crippen molar-refractivity contribution in [3.05, 3.63) is 18.5 Å². The summed E-state index contributed by atoms with van der Waals surface area (Å²) in [5.41, 5.74) is 0.753. The first-order chi connectivity index (χ1) is 9.17. The zero-order chi connectivity index (χ0) is 13.8. The number of nitrogens with zero attached hydrogens (tertiary/aromatic N) is 2. The van der Waals surface area contributed by atoms with E-state index in [2.05, 4.69) is 29.1 Å². The molecule has 0 aliphatic rings. The molecule has 1 heterocycles. The number of benzene rings is 1. The average molecular weight is 261 g/mol. The van der Waals surface area contributed by atoms with Crippen molar-refractivity contribution in [3.63, 3.8) is 0 Å². The van der Waals surface area contributed by atoms with E-state index in [1.54, 1.807) is 14.2 Å². The fraction of sp³-hybridized carbons (Fsp3) is 0.429. The van der Waals surface area contributed by atoms with Crippen LogP contribution in [0.5, 0.6) is 11.5 Å². The molecule has 2 aromatic rings. The Hall–Kier alpha value is -2.04. The van der Waals surface area contributed by atoms with E-state index in [0.717, 1.165) is 23.3 Å². The topological polar surface area (TPSA) is 56.3 Å². The fourth-order valence-corrected chi connectivity index (χ4v) is 1.89. The summed E-state index contributed by atoms with van der Waals surface area (Å²) in [4.78, 5) is 8.58. The van der Waals surface area contributed by atoms with Crippen LogP contribution in [0.1, 0.15) is 13.8 Å². The van der Waals surface area contributed by atoms with Crippen LogP contribution in [0, 0.1) is 5.92 Å². The van der Waals surface area contributed by atoms with Gasteiger partial charge in [-0.2, -0.15) is 0 Å². The summed E-state index contributed by atoms with van der Waals surface area (Å²) in [7, 11) is 3.23. The predicted octanol–water partition coefficient (Wildman–Crippen LogP) is 2.71. The van der Waals surface area contributed by atoms with Crippen LogP contribution in [0.3, 0.4) is 0 Å². The van der Waals surface area contributed by atoms with Crippen LogP contribution in [-0.2, 0) is 0 Å². The highest BCUT2D eigenvalue weighted by Crippen LogP contribution is 2.35. The van der Waals surface area contributed by atoms with Gasteiger partial charge >= 0.3 is 0 Å². The van der Waals surface area contributed by atoms with Gasteiger partial charge in [-0.05, 0) is 18.1 Å². The molecular formula is C14H19N3O2. The molecule has 5 heteroatoms. The summed E-state index contributed by atoms with van der Waals surface area (Å²) < 4.78 is 10.7. The van der Waals surface area contributed by atoms with E-state index in [-0.39, 0.29) is 0 Å². The van der Waals surface area contributed by atoms with E-state index in [1.165, 1.54) is 6.33 Å². The fourth-order valence-electron chi connectivity index (χ4n) is 1.89. The number of anilines is 1. The van der Waals surface area contributed by atoms with Crippen molar-refractivity contribution in [2.45, 2.75) is 13.8 Å². The highest BCUT2D eigenvalue weighted by atomic mass is 16.5. The first-order valence-electron chi connectivity index (χ1n) is 6.27. The van der Waals surface area contributed by atoms with Crippen LogP contribution in [-0.4, -0.2) is 30.7 Å². The minimum absolute atomic E-state index is 0.546. The van der Waals surface area contributed by atoms with E-state index in [4.69, 9.17) is 9.47 Å². The van der Waals surface area contributed by atoms with Gasteiger partial charge in [0, 0.05) is 11.9 Å². The first-order valence-corrected chi connectivity index (χ1v) is 6.27. The number of ether oxygens (including phenoxy) is 2. The molecule has 1 aromatic heterocycles. The highest BCUT2D eigenvalue weighted by molar-refractivity contribution is 5.94. The molecule has 102 valence electrons. The Labute approximate surface area is 113 Å². The molecule has 1 aromatic carbocycles. The van der Waals surface area contributed by atoms with Gasteiger partial charge in [-0.1, -0.05) is 13.8 Å². The van der Waals surface area contributed by atoms with Crippen molar-refractivity contribution in [2.24, 2.45) is 5.92 Å². The number of hydrogen-bond donors (Lipinski definition) is 1. The maximum Gasteiger partial charge on any atom is 0.187 e. The molecule has 0 bridgehead atoms. The summed E-state index contributed by atoms with van der Waals surface area (Å²) in [6.07, 6.45) is 1.53. The minimum Gasteiger partial charge on any atom is -0.493 e. The number of fused-ring (bicyclic) bond motifs is 1. The maximum absolute atomic E-state index is 5.39. The van der Waals surface area contributed by atoms with Gasteiger partial charge in [0.25, 0.3) is 0 Å². The third-order valence-electron chi connectivity index (χ3n) is 2.83. The highest BCUT2D eigenvalue weighted by Gasteiger charge is 2.13. The lowest BCUT2D eigenvalue weighted by molar-refractivity contribution is 0.358. The molecule has 0 aliphatic heterocycles. The second-order valence-corrected chi connectivity index (χ2v) is 4.69. The van der Waals surface area contributed by atoms with Crippen molar-refractivity contribution in [1.29, 1.82) is 0 Å². The second kappa shape index (κ2) is 5.73. The summed E-state index contributed by atoms with van der Waals surface area (Å²) in [5, 5.41) is 4.26.